The van der Waals surface area contributed by atoms with Crippen molar-refractivity contribution in [3.63, 3.8) is 0 Å². The first-order valence-corrected chi connectivity index (χ1v) is 15.0. The van der Waals surface area contributed by atoms with E-state index in [1.165, 1.54) is 73.0 Å². The first-order valence-electron chi connectivity index (χ1n) is 13.3. The predicted molar refractivity (Wildman–Crippen MR) is 174 cm³/mol. The lowest BCUT2D eigenvalue weighted by molar-refractivity contribution is 1.37. The molecule has 4 heteroatoms. The lowest BCUT2D eigenvalue weighted by atomic mass is 9.88. The van der Waals surface area contributed by atoms with Gasteiger partial charge < -0.3 is 0 Å². The van der Waals surface area contributed by atoms with E-state index in [4.69, 9.17) is 9.97 Å². The third-order valence-corrected chi connectivity index (χ3v) is 10.4. The van der Waals surface area contributed by atoms with Gasteiger partial charge >= 0.3 is 0 Å². The average Bonchev–Trinajstić information content (AvgIpc) is 3.59. The Hall–Kier alpha value is -4.64. The van der Waals surface area contributed by atoms with E-state index in [1.807, 2.05) is 35.1 Å². The fourth-order valence-electron chi connectivity index (χ4n) is 6.30. The number of nitrogens with zero attached hydrogens (tertiary/aromatic N) is 2. The van der Waals surface area contributed by atoms with Crippen molar-refractivity contribution >= 4 is 84.6 Å². The normalized spacial score (nSPS) is 12.0. The third-order valence-electron chi connectivity index (χ3n) is 7.99. The summed E-state index contributed by atoms with van der Waals surface area (Å²) < 4.78 is 5.04. The lowest BCUT2D eigenvalue weighted by Crippen LogP contribution is -1.93. The van der Waals surface area contributed by atoms with Crippen LogP contribution in [0.5, 0.6) is 0 Å². The summed E-state index contributed by atoms with van der Waals surface area (Å²) in [5, 5.41) is 9.91. The van der Waals surface area contributed by atoms with Crippen LogP contribution in [0.2, 0.25) is 0 Å². The summed E-state index contributed by atoms with van der Waals surface area (Å²) in [7, 11) is 0. The number of aromatic nitrogens is 2. The lowest BCUT2D eigenvalue weighted by Gasteiger charge is -2.17. The summed E-state index contributed by atoms with van der Waals surface area (Å²) in [6.45, 7) is 0. The second-order valence-corrected chi connectivity index (χ2v) is 12.2. The van der Waals surface area contributed by atoms with Crippen LogP contribution in [0.3, 0.4) is 0 Å². The maximum atomic E-state index is 5.05. The largest absolute Gasteiger partial charge is 0.255 e. The minimum Gasteiger partial charge on any atom is -0.255 e. The molecule has 0 amide bonds. The molecule has 0 atom stereocenters. The summed E-state index contributed by atoms with van der Waals surface area (Å²) in [6.07, 6.45) is 3.93. The Morgan fingerprint density at radius 1 is 0.350 bits per heavy atom. The maximum Gasteiger partial charge on any atom is 0.0892 e. The van der Waals surface area contributed by atoms with Crippen molar-refractivity contribution in [3.05, 3.63) is 122 Å². The molecule has 0 unspecified atom stereocenters. The maximum absolute atomic E-state index is 5.05. The molecule has 0 saturated heterocycles. The molecular weight excluding hydrogens is 525 g/mol. The molecule has 0 aliphatic carbocycles. The minimum absolute atomic E-state index is 1.05. The first-order chi connectivity index (χ1) is 19.9. The molecule has 4 aromatic heterocycles. The van der Waals surface area contributed by atoms with Crippen molar-refractivity contribution in [2.45, 2.75) is 0 Å². The van der Waals surface area contributed by atoms with Crippen LogP contribution in [0.1, 0.15) is 0 Å². The van der Waals surface area contributed by atoms with Crippen molar-refractivity contribution < 1.29 is 0 Å². The Bertz CT molecular complexity index is 2220. The summed E-state index contributed by atoms with van der Waals surface area (Å²) in [6, 6.07) is 39.2. The van der Waals surface area contributed by atoms with E-state index >= 15 is 0 Å². The zero-order chi connectivity index (χ0) is 26.2. The molecular formula is C36H20N2S2. The van der Waals surface area contributed by atoms with E-state index in [1.54, 1.807) is 0 Å². The van der Waals surface area contributed by atoms with Gasteiger partial charge in [0.2, 0.25) is 0 Å². The fourth-order valence-corrected chi connectivity index (χ4v) is 8.69. The number of hydrogen-bond acceptors (Lipinski definition) is 4. The highest BCUT2D eigenvalue weighted by Crippen LogP contribution is 2.48. The van der Waals surface area contributed by atoms with Crippen molar-refractivity contribution in [1.29, 1.82) is 0 Å². The molecule has 0 spiro atoms. The van der Waals surface area contributed by atoms with Crippen LogP contribution in [0.15, 0.2) is 122 Å². The van der Waals surface area contributed by atoms with Gasteiger partial charge in [-0.15, -0.1) is 22.7 Å². The Morgan fingerprint density at radius 3 is 1.10 bits per heavy atom. The van der Waals surface area contributed by atoms with Gasteiger partial charge in [0.15, 0.2) is 0 Å². The van der Waals surface area contributed by atoms with Gasteiger partial charge in [-0.3, -0.25) is 9.97 Å². The van der Waals surface area contributed by atoms with Crippen LogP contribution in [0.4, 0.5) is 0 Å². The van der Waals surface area contributed by atoms with E-state index in [9.17, 15) is 0 Å². The highest BCUT2D eigenvalue weighted by molar-refractivity contribution is 7.26. The van der Waals surface area contributed by atoms with Crippen LogP contribution < -0.4 is 0 Å². The molecule has 40 heavy (non-hydrogen) atoms. The SMILES string of the molecule is c1ccc2c(c1)sc1c(-c3c4ccccc4c(-c4nccc5c4sc4ccccc45)c4ccccc34)nccc12. The van der Waals surface area contributed by atoms with Gasteiger partial charge in [-0.05, 0) is 45.8 Å². The van der Waals surface area contributed by atoms with Gasteiger partial charge in [-0.1, -0.05) is 84.9 Å². The second-order valence-electron chi connectivity index (χ2n) is 10.1. The van der Waals surface area contributed by atoms with Gasteiger partial charge in [0, 0.05) is 54.5 Å². The van der Waals surface area contributed by atoms with Gasteiger partial charge in [-0.2, -0.15) is 0 Å². The molecule has 0 fully saturated rings. The molecule has 9 rings (SSSR count). The molecule has 0 aliphatic heterocycles. The molecule has 9 aromatic rings. The highest BCUT2D eigenvalue weighted by atomic mass is 32.1. The number of fused-ring (bicyclic) bond motifs is 8. The number of pyridine rings is 2. The van der Waals surface area contributed by atoms with Gasteiger partial charge in [0.1, 0.15) is 0 Å². The van der Waals surface area contributed by atoms with E-state index in [2.05, 4.69) is 109 Å². The smallest absolute Gasteiger partial charge is 0.0892 e. The van der Waals surface area contributed by atoms with Gasteiger partial charge in [0.25, 0.3) is 0 Å². The zero-order valence-electron chi connectivity index (χ0n) is 21.3. The van der Waals surface area contributed by atoms with Crippen LogP contribution in [-0.2, 0) is 0 Å². The van der Waals surface area contributed by atoms with E-state index < -0.39 is 0 Å². The molecule has 0 aliphatic rings. The monoisotopic (exact) mass is 544 g/mol. The highest BCUT2D eigenvalue weighted by Gasteiger charge is 2.22. The third kappa shape index (κ3) is 3.03. The quantitative estimate of drug-likeness (QED) is 0.202. The summed E-state index contributed by atoms with van der Waals surface area (Å²) in [4.78, 5) is 10.1. The summed E-state index contributed by atoms with van der Waals surface area (Å²) >= 11 is 3.66. The number of thiophene rings is 2. The van der Waals surface area contributed by atoms with Crippen LogP contribution in [0, 0.1) is 0 Å². The van der Waals surface area contributed by atoms with Gasteiger partial charge in [0.05, 0.1) is 20.8 Å². The predicted octanol–water partition coefficient (Wildman–Crippen LogP) is 10.9. The Balaban J connectivity index is 1.46. The molecule has 186 valence electrons. The standard InChI is InChI=1S/C36H20N2S2/c1-2-12-24-23(11-1)31(33-35-27(17-19-37-33)21-9-5-7-15-29(21)39-35)25-13-3-4-14-26(25)32(24)34-36-28(18-20-38-34)22-10-6-8-16-30(22)40-36/h1-20H. The molecule has 4 heterocycles. The van der Waals surface area contributed by atoms with Crippen molar-refractivity contribution in [1.82, 2.24) is 9.97 Å². The number of benzene rings is 5. The molecule has 0 N–H and O–H groups in total. The average molecular weight is 545 g/mol. The van der Waals surface area contributed by atoms with E-state index in [-0.39, 0.29) is 0 Å². The Morgan fingerprint density at radius 2 is 0.700 bits per heavy atom. The first kappa shape index (κ1) is 22.2. The van der Waals surface area contributed by atoms with Crippen molar-refractivity contribution in [3.8, 4) is 22.5 Å². The van der Waals surface area contributed by atoms with E-state index in [0.29, 0.717) is 0 Å². The van der Waals surface area contributed by atoms with Crippen LogP contribution >= 0.6 is 22.7 Å². The minimum atomic E-state index is 1.05. The molecule has 0 radical (unpaired) electrons. The van der Waals surface area contributed by atoms with Crippen LogP contribution in [0.25, 0.3) is 84.4 Å². The number of hydrogen-bond donors (Lipinski definition) is 0. The topological polar surface area (TPSA) is 25.8 Å². The molecule has 0 saturated carbocycles. The van der Waals surface area contributed by atoms with Gasteiger partial charge in [-0.25, -0.2) is 0 Å². The molecule has 0 bridgehead atoms. The Kier molecular flexibility index (Phi) is 4.68. The summed E-state index contributed by atoms with van der Waals surface area (Å²) in [5.41, 5.74) is 4.47. The van der Waals surface area contributed by atoms with Crippen LogP contribution in [-0.4, -0.2) is 9.97 Å². The van der Waals surface area contributed by atoms with Crippen molar-refractivity contribution in [2.24, 2.45) is 0 Å². The Labute approximate surface area is 237 Å². The zero-order valence-corrected chi connectivity index (χ0v) is 22.9. The summed E-state index contributed by atoms with van der Waals surface area (Å²) in [5.74, 6) is 0. The number of rotatable bonds is 2. The molecule has 5 aromatic carbocycles. The van der Waals surface area contributed by atoms with Crippen molar-refractivity contribution in [2.75, 3.05) is 0 Å². The second kappa shape index (κ2) is 8.43. The fraction of sp³-hybridized carbons (Fsp3) is 0. The van der Waals surface area contributed by atoms with E-state index in [0.717, 1.165) is 11.4 Å². The molecule has 2 nitrogen and oxygen atoms in total.